The van der Waals surface area contributed by atoms with Crippen LogP contribution in [0.1, 0.15) is 19.3 Å². The van der Waals surface area contributed by atoms with Crippen molar-refractivity contribution in [1.82, 2.24) is 20.2 Å². The molecule has 4 rings (SSSR count). The number of anilines is 1. The molecule has 0 bridgehead atoms. The molecule has 1 aliphatic heterocycles. The number of aromatic nitrogens is 4. The van der Waals surface area contributed by atoms with Crippen LogP contribution in [0.2, 0.25) is 0 Å². The van der Waals surface area contributed by atoms with Gasteiger partial charge in [-0.3, -0.25) is 5.10 Å². The minimum absolute atomic E-state index is 0.840. The molecule has 1 saturated heterocycles. The van der Waals surface area contributed by atoms with Gasteiger partial charge in [-0.1, -0.05) is 6.42 Å². The molecule has 2 atom stereocenters. The van der Waals surface area contributed by atoms with Gasteiger partial charge >= 0.3 is 0 Å². The summed E-state index contributed by atoms with van der Waals surface area (Å²) >= 11 is 0. The number of rotatable bonds is 1. The summed E-state index contributed by atoms with van der Waals surface area (Å²) in [6.45, 7) is 2.31. The van der Waals surface area contributed by atoms with Crippen LogP contribution < -0.4 is 4.90 Å². The van der Waals surface area contributed by atoms with Crippen LogP contribution in [0.3, 0.4) is 0 Å². The van der Waals surface area contributed by atoms with Crippen molar-refractivity contribution in [2.24, 2.45) is 11.8 Å². The maximum atomic E-state index is 4.44. The Morgan fingerprint density at radius 1 is 1.18 bits per heavy atom. The number of aromatic amines is 1. The summed E-state index contributed by atoms with van der Waals surface area (Å²) < 4.78 is 0. The summed E-state index contributed by atoms with van der Waals surface area (Å²) in [5.41, 5.74) is 0.840. The van der Waals surface area contributed by atoms with Gasteiger partial charge in [-0.05, 0) is 24.7 Å². The molecule has 2 aromatic heterocycles. The third kappa shape index (κ3) is 1.34. The minimum Gasteiger partial charge on any atom is -0.355 e. The molecule has 2 aliphatic rings. The third-order valence-corrected chi connectivity index (χ3v) is 4.25. The van der Waals surface area contributed by atoms with E-state index < -0.39 is 0 Å². The number of fused-ring (bicyclic) bond motifs is 2. The van der Waals surface area contributed by atoms with Crippen LogP contribution in [0.15, 0.2) is 12.5 Å². The van der Waals surface area contributed by atoms with Crippen LogP contribution in [0.25, 0.3) is 11.0 Å². The molecule has 2 unspecified atom stereocenters. The van der Waals surface area contributed by atoms with Crippen molar-refractivity contribution in [1.29, 1.82) is 0 Å². The predicted octanol–water partition coefficient (Wildman–Crippen LogP) is 1.59. The molecule has 17 heavy (non-hydrogen) atoms. The van der Waals surface area contributed by atoms with Crippen LogP contribution >= 0.6 is 0 Å². The maximum Gasteiger partial charge on any atom is 0.160 e. The molecule has 88 valence electrons. The second kappa shape index (κ2) is 3.42. The zero-order valence-electron chi connectivity index (χ0n) is 9.63. The molecular weight excluding hydrogens is 214 g/mol. The van der Waals surface area contributed by atoms with Crippen molar-refractivity contribution in [3.8, 4) is 0 Å². The number of hydrogen-bond acceptors (Lipinski definition) is 4. The van der Waals surface area contributed by atoms with Crippen LogP contribution in [0.5, 0.6) is 0 Å². The van der Waals surface area contributed by atoms with Crippen molar-refractivity contribution >= 4 is 16.9 Å². The first-order chi connectivity index (χ1) is 8.42. The highest BCUT2D eigenvalue weighted by molar-refractivity contribution is 5.86. The summed E-state index contributed by atoms with van der Waals surface area (Å²) in [7, 11) is 0. The molecule has 5 heteroatoms. The SMILES string of the molecule is c1nc(N2CC3CCCC3C2)c2cn[nH]c2n1. The van der Waals surface area contributed by atoms with E-state index in [9.17, 15) is 0 Å². The summed E-state index contributed by atoms with van der Waals surface area (Å²) in [4.78, 5) is 11.0. The molecule has 0 amide bonds. The van der Waals surface area contributed by atoms with Crippen LogP contribution in [-0.4, -0.2) is 33.3 Å². The normalized spacial score (nSPS) is 27.9. The van der Waals surface area contributed by atoms with E-state index in [1.54, 1.807) is 6.33 Å². The highest BCUT2D eigenvalue weighted by Gasteiger charge is 2.37. The van der Waals surface area contributed by atoms with E-state index in [1.807, 2.05) is 6.20 Å². The number of H-pyrrole nitrogens is 1. The minimum atomic E-state index is 0.840. The topological polar surface area (TPSA) is 57.7 Å². The van der Waals surface area contributed by atoms with Gasteiger partial charge < -0.3 is 4.90 Å². The largest absolute Gasteiger partial charge is 0.355 e. The van der Waals surface area contributed by atoms with Crippen molar-refractivity contribution in [2.45, 2.75) is 19.3 Å². The van der Waals surface area contributed by atoms with E-state index in [0.29, 0.717) is 0 Å². The zero-order chi connectivity index (χ0) is 11.2. The first-order valence-corrected chi connectivity index (χ1v) is 6.31. The molecule has 5 nitrogen and oxygen atoms in total. The molecule has 0 aromatic carbocycles. The molecular formula is C12H15N5. The van der Waals surface area contributed by atoms with Gasteiger partial charge in [0.25, 0.3) is 0 Å². The van der Waals surface area contributed by atoms with Gasteiger partial charge in [-0.15, -0.1) is 0 Å². The van der Waals surface area contributed by atoms with Crippen LogP contribution in [0.4, 0.5) is 5.82 Å². The average molecular weight is 229 g/mol. The second-order valence-electron chi connectivity index (χ2n) is 5.19. The lowest BCUT2D eigenvalue weighted by molar-refractivity contribution is 0.494. The Bertz CT molecular complexity index is 537. The first kappa shape index (κ1) is 9.39. The van der Waals surface area contributed by atoms with Crippen molar-refractivity contribution in [3.63, 3.8) is 0 Å². The lowest BCUT2D eigenvalue weighted by Crippen LogP contribution is -2.22. The summed E-state index contributed by atoms with van der Waals surface area (Å²) in [6.07, 6.45) is 7.65. The smallest absolute Gasteiger partial charge is 0.160 e. The lowest BCUT2D eigenvalue weighted by Gasteiger charge is -2.18. The Morgan fingerprint density at radius 3 is 2.82 bits per heavy atom. The van der Waals surface area contributed by atoms with E-state index in [2.05, 4.69) is 25.1 Å². The Kier molecular flexibility index (Phi) is 1.89. The Hall–Kier alpha value is -1.65. The highest BCUT2D eigenvalue weighted by Crippen LogP contribution is 2.40. The first-order valence-electron chi connectivity index (χ1n) is 6.31. The van der Waals surface area contributed by atoms with E-state index in [0.717, 1.165) is 41.8 Å². The maximum absolute atomic E-state index is 4.44. The lowest BCUT2D eigenvalue weighted by atomic mass is 10.0. The predicted molar refractivity (Wildman–Crippen MR) is 64.7 cm³/mol. The standard InChI is InChI=1S/C12H15N5/c1-2-8-5-17(6-9(8)3-1)12-10-4-15-16-11(10)13-7-14-12/h4,7-9H,1-3,5-6H2,(H,13,14,15,16). The Labute approximate surface area is 99.3 Å². The van der Waals surface area contributed by atoms with Gasteiger partial charge in [0, 0.05) is 13.1 Å². The summed E-state index contributed by atoms with van der Waals surface area (Å²) in [5.74, 6) is 2.82. The Morgan fingerprint density at radius 2 is 2.00 bits per heavy atom. The summed E-state index contributed by atoms with van der Waals surface area (Å²) in [5, 5.41) is 8.01. The molecule has 1 saturated carbocycles. The molecule has 0 radical (unpaired) electrons. The quantitative estimate of drug-likeness (QED) is 0.806. The van der Waals surface area contributed by atoms with E-state index in [1.165, 1.54) is 19.3 Å². The highest BCUT2D eigenvalue weighted by atomic mass is 15.2. The fourth-order valence-electron chi connectivity index (χ4n) is 3.41. The van der Waals surface area contributed by atoms with E-state index in [4.69, 9.17) is 0 Å². The third-order valence-electron chi connectivity index (χ3n) is 4.25. The van der Waals surface area contributed by atoms with Gasteiger partial charge in [0.05, 0.1) is 11.6 Å². The molecule has 1 N–H and O–H groups in total. The fraction of sp³-hybridized carbons (Fsp3) is 0.583. The van der Waals surface area contributed by atoms with Gasteiger partial charge in [0.15, 0.2) is 5.65 Å². The van der Waals surface area contributed by atoms with Gasteiger partial charge in [0.2, 0.25) is 0 Å². The van der Waals surface area contributed by atoms with E-state index in [-0.39, 0.29) is 0 Å². The molecule has 3 heterocycles. The van der Waals surface area contributed by atoms with Crippen molar-refractivity contribution in [2.75, 3.05) is 18.0 Å². The van der Waals surface area contributed by atoms with Gasteiger partial charge in [-0.25, -0.2) is 9.97 Å². The fourth-order valence-corrected chi connectivity index (χ4v) is 3.41. The Balaban J connectivity index is 1.73. The van der Waals surface area contributed by atoms with Crippen LogP contribution in [-0.2, 0) is 0 Å². The average Bonchev–Trinajstić information content (AvgIpc) is 3.02. The van der Waals surface area contributed by atoms with Crippen LogP contribution in [0, 0.1) is 11.8 Å². The van der Waals surface area contributed by atoms with Gasteiger partial charge in [0.1, 0.15) is 12.1 Å². The second-order valence-corrected chi connectivity index (χ2v) is 5.19. The zero-order valence-corrected chi connectivity index (χ0v) is 9.63. The molecule has 1 aliphatic carbocycles. The number of nitrogens with one attached hydrogen (secondary N) is 1. The van der Waals surface area contributed by atoms with E-state index >= 15 is 0 Å². The van der Waals surface area contributed by atoms with Crippen molar-refractivity contribution < 1.29 is 0 Å². The number of nitrogens with zero attached hydrogens (tertiary/aromatic N) is 4. The monoisotopic (exact) mass is 229 g/mol. The molecule has 2 aromatic rings. The molecule has 2 fully saturated rings. The number of hydrogen-bond donors (Lipinski definition) is 1. The van der Waals surface area contributed by atoms with Crippen molar-refractivity contribution in [3.05, 3.63) is 12.5 Å². The molecule has 0 spiro atoms. The summed E-state index contributed by atoms with van der Waals surface area (Å²) in [6, 6.07) is 0. The van der Waals surface area contributed by atoms with Gasteiger partial charge in [-0.2, -0.15) is 5.10 Å².